The average Bonchev–Trinajstić information content (AvgIpc) is 2.31. The summed E-state index contributed by atoms with van der Waals surface area (Å²) in [6.45, 7) is 8.48. The fourth-order valence-electron chi connectivity index (χ4n) is 1.50. The average molecular weight is 257 g/mol. The molecule has 0 radical (unpaired) electrons. The lowest BCUT2D eigenvalue weighted by Gasteiger charge is -2.25. The maximum absolute atomic E-state index is 13.0. The van der Waals surface area contributed by atoms with Gasteiger partial charge in [-0.25, -0.2) is 8.78 Å². The molecule has 0 bridgehead atoms. The molecule has 0 spiro atoms. The summed E-state index contributed by atoms with van der Waals surface area (Å²) in [6, 6.07) is 3.59. The molecule has 0 aromatic heterocycles. The molecule has 2 nitrogen and oxygen atoms in total. The second kappa shape index (κ2) is 6.69. The van der Waals surface area contributed by atoms with E-state index in [0.29, 0.717) is 12.4 Å². The number of hydrogen-bond acceptors (Lipinski definition) is 2. The molecule has 0 aliphatic carbocycles. The first-order chi connectivity index (χ1) is 8.44. The van der Waals surface area contributed by atoms with Crippen LogP contribution < -0.4 is 10.1 Å². The molecule has 0 aliphatic rings. The largest absolute Gasteiger partial charge is 0.493 e. The minimum absolute atomic E-state index is 0.0555. The van der Waals surface area contributed by atoms with E-state index < -0.39 is 11.6 Å². The Morgan fingerprint density at radius 1 is 1.22 bits per heavy atom. The van der Waals surface area contributed by atoms with Gasteiger partial charge in [-0.3, -0.25) is 0 Å². The number of rotatable bonds is 7. The van der Waals surface area contributed by atoms with E-state index in [-0.39, 0.29) is 5.41 Å². The van der Waals surface area contributed by atoms with Crippen molar-refractivity contribution < 1.29 is 13.5 Å². The number of ether oxygens (including phenoxy) is 1. The van der Waals surface area contributed by atoms with Crippen molar-refractivity contribution in [3.63, 3.8) is 0 Å². The van der Waals surface area contributed by atoms with Gasteiger partial charge in [-0.2, -0.15) is 0 Å². The first-order valence-corrected chi connectivity index (χ1v) is 6.23. The maximum atomic E-state index is 13.0. The van der Waals surface area contributed by atoms with Gasteiger partial charge in [0.25, 0.3) is 0 Å². The van der Waals surface area contributed by atoms with Crippen LogP contribution in [0.2, 0.25) is 0 Å². The molecule has 0 atom stereocenters. The Balaban J connectivity index is 2.45. The molecule has 0 saturated carbocycles. The lowest BCUT2D eigenvalue weighted by atomic mass is 9.95. The van der Waals surface area contributed by atoms with Gasteiger partial charge in [-0.1, -0.05) is 20.8 Å². The van der Waals surface area contributed by atoms with E-state index in [9.17, 15) is 8.78 Å². The van der Waals surface area contributed by atoms with Crippen molar-refractivity contribution in [3.8, 4) is 5.75 Å². The summed E-state index contributed by atoms with van der Waals surface area (Å²) < 4.78 is 31.2. The topological polar surface area (TPSA) is 21.3 Å². The van der Waals surface area contributed by atoms with Crippen molar-refractivity contribution in [2.75, 3.05) is 19.7 Å². The van der Waals surface area contributed by atoms with Gasteiger partial charge in [0, 0.05) is 18.0 Å². The quantitative estimate of drug-likeness (QED) is 0.756. The number of nitrogens with one attached hydrogen (secondary N) is 1. The van der Waals surface area contributed by atoms with Crippen LogP contribution in [0.5, 0.6) is 5.75 Å². The molecule has 0 aliphatic heterocycles. The van der Waals surface area contributed by atoms with Gasteiger partial charge in [0.1, 0.15) is 5.75 Å². The van der Waals surface area contributed by atoms with Gasteiger partial charge in [-0.05, 0) is 25.1 Å². The normalized spacial score (nSPS) is 11.6. The highest BCUT2D eigenvalue weighted by Gasteiger charge is 2.18. The van der Waals surface area contributed by atoms with Crippen LogP contribution in [0.15, 0.2) is 18.2 Å². The molecular formula is C14H21F2NO. The molecule has 0 unspecified atom stereocenters. The summed E-state index contributed by atoms with van der Waals surface area (Å²) in [4.78, 5) is 0. The Morgan fingerprint density at radius 2 is 1.94 bits per heavy atom. The Hall–Kier alpha value is -1.16. The third kappa shape index (κ3) is 5.00. The summed E-state index contributed by atoms with van der Waals surface area (Å²) in [5.74, 6) is -1.38. The highest BCUT2D eigenvalue weighted by atomic mass is 19.2. The molecular weight excluding hydrogens is 236 g/mol. The zero-order chi connectivity index (χ0) is 13.6. The second-order valence-electron chi connectivity index (χ2n) is 5.21. The van der Waals surface area contributed by atoms with Crippen LogP contribution >= 0.6 is 0 Å². The summed E-state index contributed by atoms with van der Waals surface area (Å²) in [7, 11) is 0. The van der Waals surface area contributed by atoms with Crippen LogP contribution in [0.3, 0.4) is 0 Å². The maximum Gasteiger partial charge on any atom is 0.162 e. The van der Waals surface area contributed by atoms with Crippen LogP contribution in [0, 0.1) is 17.0 Å². The smallest absolute Gasteiger partial charge is 0.162 e. The molecule has 1 aromatic carbocycles. The minimum Gasteiger partial charge on any atom is -0.493 e. The summed E-state index contributed by atoms with van der Waals surface area (Å²) in [5, 5.41) is 3.32. The SMILES string of the molecule is CCCNCC(C)(C)COc1ccc(F)c(F)c1. The van der Waals surface area contributed by atoms with Crippen LogP contribution in [-0.2, 0) is 0 Å². The van der Waals surface area contributed by atoms with Crippen molar-refractivity contribution in [3.05, 3.63) is 29.8 Å². The van der Waals surface area contributed by atoms with E-state index >= 15 is 0 Å². The van der Waals surface area contributed by atoms with Gasteiger partial charge in [0.2, 0.25) is 0 Å². The van der Waals surface area contributed by atoms with E-state index in [1.807, 2.05) is 0 Å². The van der Waals surface area contributed by atoms with E-state index in [1.165, 1.54) is 6.07 Å². The Morgan fingerprint density at radius 3 is 2.56 bits per heavy atom. The first kappa shape index (κ1) is 14.9. The minimum atomic E-state index is -0.880. The summed E-state index contributed by atoms with van der Waals surface area (Å²) in [5.41, 5.74) is -0.0555. The fourth-order valence-corrected chi connectivity index (χ4v) is 1.50. The molecule has 0 saturated heterocycles. The van der Waals surface area contributed by atoms with Crippen molar-refractivity contribution >= 4 is 0 Å². The molecule has 1 N–H and O–H groups in total. The zero-order valence-corrected chi connectivity index (χ0v) is 11.2. The zero-order valence-electron chi connectivity index (χ0n) is 11.2. The van der Waals surface area contributed by atoms with E-state index in [0.717, 1.165) is 31.6 Å². The highest BCUT2D eigenvalue weighted by Crippen LogP contribution is 2.20. The lowest BCUT2D eigenvalue weighted by Crippen LogP contribution is -2.34. The van der Waals surface area contributed by atoms with Gasteiger partial charge in [0.05, 0.1) is 6.61 Å². The standard InChI is InChI=1S/C14H21F2NO/c1-4-7-17-9-14(2,3)10-18-11-5-6-12(15)13(16)8-11/h5-6,8,17H,4,7,9-10H2,1-3H3. The Kier molecular flexibility index (Phi) is 5.54. The van der Waals surface area contributed by atoms with Crippen LogP contribution in [-0.4, -0.2) is 19.7 Å². The van der Waals surface area contributed by atoms with E-state index in [1.54, 1.807) is 0 Å². The van der Waals surface area contributed by atoms with E-state index in [2.05, 4.69) is 26.1 Å². The van der Waals surface area contributed by atoms with Crippen LogP contribution in [0.4, 0.5) is 8.78 Å². The van der Waals surface area contributed by atoms with Gasteiger partial charge in [-0.15, -0.1) is 0 Å². The molecule has 0 amide bonds. The predicted molar refractivity (Wildman–Crippen MR) is 68.8 cm³/mol. The molecule has 102 valence electrons. The monoisotopic (exact) mass is 257 g/mol. The third-order valence-electron chi connectivity index (χ3n) is 2.55. The molecule has 4 heteroatoms. The molecule has 1 aromatic rings. The lowest BCUT2D eigenvalue weighted by molar-refractivity contribution is 0.176. The van der Waals surface area contributed by atoms with E-state index in [4.69, 9.17) is 4.74 Å². The molecule has 1 rings (SSSR count). The van der Waals surface area contributed by atoms with Crippen LogP contribution in [0.1, 0.15) is 27.2 Å². The molecule has 0 heterocycles. The predicted octanol–water partition coefficient (Wildman–Crippen LogP) is 3.37. The van der Waals surface area contributed by atoms with Gasteiger partial charge < -0.3 is 10.1 Å². The molecule has 0 fully saturated rings. The summed E-state index contributed by atoms with van der Waals surface area (Å²) in [6.07, 6.45) is 1.08. The number of benzene rings is 1. The Bertz CT molecular complexity index is 380. The van der Waals surface area contributed by atoms with Gasteiger partial charge >= 0.3 is 0 Å². The number of hydrogen-bond donors (Lipinski definition) is 1. The highest BCUT2D eigenvalue weighted by molar-refractivity contribution is 5.23. The Labute approximate surface area is 107 Å². The van der Waals surface area contributed by atoms with Crippen molar-refractivity contribution in [1.29, 1.82) is 0 Å². The van der Waals surface area contributed by atoms with Crippen molar-refractivity contribution in [1.82, 2.24) is 5.32 Å². The van der Waals surface area contributed by atoms with Crippen LogP contribution in [0.25, 0.3) is 0 Å². The second-order valence-corrected chi connectivity index (χ2v) is 5.21. The fraction of sp³-hybridized carbons (Fsp3) is 0.571. The van der Waals surface area contributed by atoms with Crippen molar-refractivity contribution in [2.24, 2.45) is 5.41 Å². The first-order valence-electron chi connectivity index (χ1n) is 6.23. The third-order valence-corrected chi connectivity index (χ3v) is 2.55. The number of halogens is 2. The van der Waals surface area contributed by atoms with Gasteiger partial charge in [0.15, 0.2) is 11.6 Å². The molecule has 18 heavy (non-hydrogen) atoms. The van der Waals surface area contributed by atoms with Crippen molar-refractivity contribution in [2.45, 2.75) is 27.2 Å². The summed E-state index contributed by atoms with van der Waals surface area (Å²) >= 11 is 0.